The fourth-order valence-electron chi connectivity index (χ4n) is 3.45. The van der Waals surface area contributed by atoms with Crippen molar-refractivity contribution in [3.8, 4) is 11.5 Å². The number of amides is 1. The molecule has 5 nitrogen and oxygen atoms in total. The summed E-state index contributed by atoms with van der Waals surface area (Å²) in [5.41, 5.74) is 4.75. The molecule has 0 radical (unpaired) electrons. The predicted octanol–water partition coefficient (Wildman–Crippen LogP) is 6.62. The van der Waals surface area contributed by atoms with E-state index in [1.54, 1.807) is 30.5 Å². The van der Waals surface area contributed by atoms with E-state index >= 15 is 0 Å². The van der Waals surface area contributed by atoms with Crippen LogP contribution >= 0.6 is 11.6 Å². The zero-order chi connectivity index (χ0) is 23.8. The number of ether oxygens (including phenoxy) is 2. The SMILES string of the molecule is CCCOc1ccc(C(=O)N/N=C\c2c(OCc3ccccc3Cl)ccc3ccccc23)cc1. The summed E-state index contributed by atoms with van der Waals surface area (Å²) >= 11 is 6.27. The number of carbonyl (C=O) groups is 1. The van der Waals surface area contributed by atoms with Gasteiger partial charge in [-0.15, -0.1) is 0 Å². The van der Waals surface area contributed by atoms with Crippen LogP contribution in [0.3, 0.4) is 0 Å². The Morgan fingerprint density at radius 1 is 0.941 bits per heavy atom. The Balaban J connectivity index is 1.52. The van der Waals surface area contributed by atoms with Crippen molar-refractivity contribution in [1.82, 2.24) is 5.43 Å². The van der Waals surface area contributed by atoms with E-state index in [2.05, 4.69) is 10.5 Å². The molecule has 4 aromatic carbocycles. The average Bonchev–Trinajstić information content (AvgIpc) is 2.87. The first-order chi connectivity index (χ1) is 16.7. The van der Waals surface area contributed by atoms with E-state index in [0.717, 1.165) is 34.1 Å². The molecular formula is C28H25ClN2O3. The van der Waals surface area contributed by atoms with Crippen LogP contribution in [-0.2, 0) is 6.61 Å². The molecule has 34 heavy (non-hydrogen) atoms. The Labute approximate surface area is 204 Å². The first kappa shape index (κ1) is 23.3. The van der Waals surface area contributed by atoms with E-state index in [0.29, 0.717) is 29.5 Å². The minimum absolute atomic E-state index is 0.308. The normalized spacial score (nSPS) is 11.0. The lowest BCUT2D eigenvalue weighted by Gasteiger charge is -2.12. The standard InChI is InChI=1S/C28H25ClN2O3/c1-2-17-33-23-14-11-21(12-15-23)28(32)31-30-18-25-24-9-5-3-7-20(24)13-16-27(25)34-19-22-8-4-6-10-26(22)29/h3-16,18H,2,17,19H2,1H3,(H,31,32)/b30-18-. The van der Waals surface area contributed by atoms with Gasteiger partial charge in [0.05, 0.1) is 12.8 Å². The van der Waals surface area contributed by atoms with Gasteiger partial charge in [0.15, 0.2) is 0 Å². The number of nitrogens with zero attached hydrogens (tertiary/aromatic N) is 1. The fraction of sp³-hybridized carbons (Fsp3) is 0.143. The lowest BCUT2D eigenvalue weighted by Crippen LogP contribution is -2.17. The smallest absolute Gasteiger partial charge is 0.271 e. The molecule has 172 valence electrons. The van der Waals surface area contributed by atoms with Crippen LogP contribution in [0.15, 0.2) is 90.0 Å². The van der Waals surface area contributed by atoms with E-state index in [9.17, 15) is 4.79 Å². The number of hydrogen-bond acceptors (Lipinski definition) is 4. The molecule has 0 unspecified atom stereocenters. The Morgan fingerprint density at radius 3 is 2.50 bits per heavy atom. The second-order valence-corrected chi connectivity index (χ2v) is 8.06. The van der Waals surface area contributed by atoms with Crippen molar-refractivity contribution >= 4 is 34.5 Å². The van der Waals surface area contributed by atoms with Gasteiger partial charge in [0.25, 0.3) is 5.91 Å². The minimum atomic E-state index is -0.308. The zero-order valence-corrected chi connectivity index (χ0v) is 19.6. The van der Waals surface area contributed by atoms with E-state index < -0.39 is 0 Å². The summed E-state index contributed by atoms with van der Waals surface area (Å²) in [6.07, 6.45) is 2.54. The molecule has 4 aromatic rings. The summed E-state index contributed by atoms with van der Waals surface area (Å²) in [7, 11) is 0. The molecule has 0 atom stereocenters. The number of hydrogen-bond donors (Lipinski definition) is 1. The summed E-state index contributed by atoms with van der Waals surface area (Å²) in [4.78, 5) is 12.5. The fourth-order valence-corrected chi connectivity index (χ4v) is 3.64. The second kappa shape index (κ2) is 11.3. The molecule has 0 fully saturated rings. The van der Waals surface area contributed by atoms with E-state index in [1.165, 1.54) is 0 Å². The van der Waals surface area contributed by atoms with Crippen LogP contribution in [-0.4, -0.2) is 18.7 Å². The number of nitrogens with one attached hydrogen (secondary N) is 1. The van der Waals surface area contributed by atoms with Crippen LogP contribution < -0.4 is 14.9 Å². The molecule has 1 amide bonds. The van der Waals surface area contributed by atoms with Gasteiger partial charge in [-0.25, -0.2) is 5.43 Å². The maximum Gasteiger partial charge on any atom is 0.271 e. The maximum absolute atomic E-state index is 12.5. The number of carbonyl (C=O) groups excluding carboxylic acids is 1. The van der Waals surface area contributed by atoms with E-state index in [1.807, 2.05) is 67.6 Å². The molecule has 4 rings (SSSR count). The lowest BCUT2D eigenvalue weighted by molar-refractivity contribution is 0.0955. The van der Waals surface area contributed by atoms with Crippen molar-refractivity contribution in [2.24, 2.45) is 5.10 Å². The molecule has 1 N–H and O–H groups in total. The third kappa shape index (κ3) is 5.74. The molecule has 0 aromatic heterocycles. The van der Waals surface area contributed by atoms with Gasteiger partial charge in [-0.1, -0.05) is 67.1 Å². The van der Waals surface area contributed by atoms with Crippen LogP contribution in [0.5, 0.6) is 11.5 Å². The molecule has 0 saturated heterocycles. The number of halogens is 1. The molecule has 0 saturated carbocycles. The molecule has 0 spiro atoms. The van der Waals surface area contributed by atoms with Crippen molar-refractivity contribution in [2.45, 2.75) is 20.0 Å². The first-order valence-corrected chi connectivity index (χ1v) is 11.5. The van der Waals surface area contributed by atoms with Crippen molar-refractivity contribution in [1.29, 1.82) is 0 Å². The summed E-state index contributed by atoms with van der Waals surface area (Å²) in [6, 6.07) is 26.4. The highest BCUT2D eigenvalue weighted by Crippen LogP contribution is 2.28. The highest BCUT2D eigenvalue weighted by atomic mass is 35.5. The van der Waals surface area contributed by atoms with Crippen molar-refractivity contribution in [2.75, 3.05) is 6.61 Å². The summed E-state index contributed by atoms with van der Waals surface area (Å²) in [5, 5.41) is 6.87. The highest BCUT2D eigenvalue weighted by Gasteiger charge is 2.10. The van der Waals surface area contributed by atoms with E-state index in [4.69, 9.17) is 21.1 Å². The summed E-state index contributed by atoms with van der Waals surface area (Å²) in [5.74, 6) is 1.07. The largest absolute Gasteiger partial charge is 0.494 e. The van der Waals surface area contributed by atoms with Gasteiger partial charge in [0.1, 0.15) is 18.1 Å². The molecule has 0 bridgehead atoms. The van der Waals surface area contributed by atoms with Crippen LogP contribution in [0.2, 0.25) is 5.02 Å². The third-order valence-corrected chi connectivity index (χ3v) is 5.59. The maximum atomic E-state index is 12.5. The Bertz CT molecular complexity index is 1300. The Hall–Kier alpha value is -3.83. The van der Waals surface area contributed by atoms with Gasteiger partial charge in [0.2, 0.25) is 0 Å². The van der Waals surface area contributed by atoms with Crippen LogP contribution in [0.4, 0.5) is 0 Å². The van der Waals surface area contributed by atoms with Gasteiger partial charge in [-0.05, 0) is 53.6 Å². The number of benzene rings is 4. The molecule has 0 aliphatic rings. The van der Waals surface area contributed by atoms with E-state index in [-0.39, 0.29) is 5.91 Å². The first-order valence-electron chi connectivity index (χ1n) is 11.1. The van der Waals surface area contributed by atoms with Crippen LogP contribution in [0, 0.1) is 0 Å². The van der Waals surface area contributed by atoms with Crippen LogP contribution in [0.25, 0.3) is 10.8 Å². The minimum Gasteiger partial charge on any atom is -0.494 e. The number of rotatable bonds is 9. The molecule has 0 aliphatic carbocycles. The topological polar surface area (TPSA) is 59.9 Å². The van der Waals surface area contributed by atoms with Gasteiger partial charge < -0.3 is 9.47 Å². The lowest BCUT2D eigenvalue weighted by atomic mass is 10.0. The van der Waals surface area contributed by atoms with Gasteiger partial charge in [0, 0.05) is 21.7 Å². The van der Waals surface area contributed by atoms with Crippen molar-refractivity contribution < 1.29 is 14.3 Å². The highest BCUT2D eigenvalue weighted by molar-refractivity contribution is 6.31. The summed E-state index contributed by atoms with van der Waals surface area (Å²) < 4.78 is 11.7. The number of fused-ring (bicyclic) bond motifs is 1. The molecular weight excluding hydrogens is 448 g/mol. The second-order valence-electron chi connectivity index (χ2n) is 7.65. The quantitative estimate of drug-likeness (QED) is 0.220. The van der Waals surface area contributed by atoms with Gasteiger partial charge in [-0.3, -0.25) is 4.79 Å². The average molecular weight is 473 g/mol. The summed E-state index contributed by atoms with van der Waals surface area (Å²) in [6.45, 7) is 3.00. The Kier molecular flexibility index (Phi) is 7.79. The number of hydrazone groups is 1. The van der Waals surface area contributed by atoms with Crippen molar-refractivity contribution in [3.63, 3.8) is 0 Å². The van der Waals surface area contributed by atoms with Crippen LogP contribution in [0.1, 0.15) is 34.8 Å². The monoisotopic (exact) mass is 472 g/mol. The zero-order valence-electron chi connectivity index (χ0n) is 18.8. The van der Waals surface area contributed by atoms with Gasteiger partial charge in [-0.2, -0.15) is 5.10 Å². The third-order valence-electron chi connectivity index (χ3n) is 5.22. The molecule has 6 heteroatoms. The predicted molar refractivity (Wildman–Crippen MR) is 137 cm³/mol. The Morgan fingerprint density at radius 2 is 1.71 bits per heavy atom. The molecule has 0 aliphatic heterocycles. The molecule has 0 heterocycles. The van der Waals surface area contributed by atoms with Gasteiger partial charge >= 0.3 is 0 Å². The van der Waals surface area contributed by atoms with Crippen molar-refractivity contribution in [3.05, 3.63) is 107 Å².